The average molecular weight is 435 g/mol. The number of nitrogens with one attached hydrogen (secondary N) is 1. The van der Waals surface area contributed by atoms with Crippen molar-refractivity contribution in [1.82, 2.24) is 9.62 Å². The molecule has 0 spiro atoms. The molecule has 0 aliphatic heterocycles. The van der Waals surface area contributed by atoms with E-state index >= 15 is 0 Å². The maximum atomic E-state index is 13.2. The third-order valence-corrected chi connectivity index (χ3v) is 6.68. The molecule has 0 aliphatic carbocycles. The summed E-state index contributed by atoms with van der Waals surface area (Å²) in [5.74, 6) is 0.271. The van der Waals surface area contributed by atoms with Gasteiger partial charge in [0.1, 0.15) is 0 Å². The topological polar surface area (TPSA) is 107 Å². The van der Waals surface area contributed by atoms with Gasteiger partial charge in [0.05, 0.1) is 17.0 Å². The molecule has 0 saturated carbocycles. The molecule has 2 atom stereocenters. The molecular formula is C22H30N2O5S. The van der Waals surface area contributed by atoms with Gasteiger partial charge in [0, 0.05) is 13.1 Å². The van der Waals surface area contributed by atoms with Crippen LogP contribution in [0.4, 0.5) is 4.79 Å². The van der Waals surface area contributed by atoms with Crippen molar-refractivity contribution in [3.63, 3.8) is 0 Å². The van der Waals surface area contributed by atoms with Gasteiger partial charge < -0.3 is 15.5 Å². The molecule has 30 heavy (non-hydrogen) atoms. The molecule has 1 amide bonds. The molecule has 0 aromatic heterocycles. The lowest BCUT2D eigenvalue weighted by molar-refractivity contribution is 0.0994. The number of hydrogen-bond acceptors (Lipinski definition) is 4. The van der Waals surface area contributed by atoms with Gasteiger partial charge in [0.25, 0.3) is 0 Å². The molecule has 2 aromatic carbocycles. The molecule has 0 bridgehead atoms. The first-order valence-electron chi connectivity index (χ1n) is 9.96. The van der Waals surface area contributed by atoms with Crippen LogP contribution in [0.1, 0.15) is 25.8 Å². The van der Waals surface area contributed by atoms with Crippen molar-refractivity contribution in [2.75, 3.05) is 13.1 Å². The van der Waals surface area contributed by atoms with Crippen LogP contribution < -0.4 is 5.32 Å². The van der Waals surface area contributed by atoms with Gasteiger partial charge >= 0.3 is 6.09 Å². The van der Waals surface area contributed by atoms with E-state index in [2.05, 4.69) is 5.32 Å². The zero-order chi connectivity index (χ0) is 22.1. The van der Waals surface area contributed by atoms with Gasteiger partial charge in [0.15, 0.2) is 0 Å². The Hall–Kier alpha value is -2.42. The Bertz CT molecular complexity index is 888. The first kappa shape index (κ1) is 23.9. The normalized spacial score (nSPS) is 13.9. The lowest BCUT2D eigenvalue weighted by Crippen LogP contribution is -2.50. The highest BCUT2D eigenvalue weighted by atomic mass is 32.2. The molecular weight excluding hydrogens is 404 g/mol. The zero-order valence-corrected chi connectivity index (χ0v) is 18.1. The number of carboxylic acid groups (broad SMARTS) is 1. The largest absolute Gasteiger partial charge is 0.465 e. The lowest BCUT2D eigenvalue weighted by atomic mass is 10.0. The van der Waals surface area contributed by atoms with Crippen molar-refractivity contribution in [2.45, 2.75) is 43.7 Å². The molecule has 2 rings (SSSR count). The van der Waals surface area contributed by atoms with Crippen LogP contribution in [0.2, 0.25) is 0 Å². The Morgan fingerprint density at radius 1 is 1.03 bits per heavy atom. The Balaban J connectivity index is 2.25. The van der Waals surface area contributed by atoms with Gasteiger partial charge in [-0.25, -0.2) is 13.2 Å². The van der Waals surface area contributed by atoms with E-state index in [1.165, 1.54) is 16.4 Å². The highest BCUT2D eigenvalue weighted by molar-refractivity contribution is 7.89. The van der Waals surface area contributed by atoms with E-state index in [0.29, 0.717) is 6.42 Å². The van der Waals surface area contributed by atoms with Crippen molar-refractivity contribution in [3.05, 3.63) is 66.2 Å². The highest BCUT2D eigenvalue weighted by Crippen LogP contribution is 2.19. The molecule has 8 heteroatoms. The predicted molar refractivity (Wildman–Crippen MR) is 116 cm³/mol. The molecule has 164 valence electrons. The molecule has 7 nitrogen and oxygen atoms in total. The minimum atomic E-state index is -3.83. The molecule has 2 aromatic rings. The minimum Gasteiger partial charge on any atom is -0.465 e. The third-order valence-electron chi connectivity index (χ3n) is 4.80. The fourth-order valence-electron chi connectivity index (χ4n) is 3.10. The second-order valence-electron chi connectivity index (χ2n) is 7.67. The fourth-order valence-corrected chi connectivity index (χ4v) is 4.59. The van der Waals surface area contributed by atoms with Gasteiger partial charge in [-0.05, 0) is 36.5 Å². The van der Waals surface area contributed by atoms with E-state index in [1.54, 1.807) is 18.2 Å². The van der Waals surface area contributed by atoms with Gasteiger partial charge in [-0.2, -0.15) is 4.31 Å². The molecule has 0 aliphatic rings. The summed E-state index contributed by atoms with van der Waals surface area (Å²) >= 11 is 0. The number of hydrogen-bond donors (Lipinski definition) is 3. The Labute approximate surface area is 178 Å². The number of amides is 1. The predicted octanol–water partition coefficient (Wildman–Crippen LogP) is 2.96. The van der Waals surface area contributed by atoms with E-state index < -0.39 is 28.3 Å². The van der Waals surface area contributed by atoms with Crippen molar-refractivity contribution >= 4 is 16.1 Å². The number of rotatable bonds is 11. The average Bonchev–Trinajstić information content (AvgIpc) is 2.71. The van der Waals surface area contributed by atoms with E-state index in [0.717, 1.165) is 5.56 Å². The van der Waals surface area contributed by atoms with Crippen LogP contribution in [-0.2, 0) is 16.4 Å². The van der Waals surface area contributed by atoms with Crippen LogP contribution in [0.25, 0.3) is 0 Å². The molecule has 0 saturated heterocycles. The summed E-state index contributed by atoms with van der Waals surface area (Å²) in [5.41, 5.74) is 0.843. The Morgan fingerprint density at radius 3 is 2.13 bits per heavy atom. The lowest BCUT2D eigenvalue weighted by Gasteiger charge is -2.29. The molecule has 3 N–H and O–H groups in total. The standard InChI is InChI=1S/C22H30N2O5S/c1-17(2)13-14-24(30(28,29)19-11-7-4-8-12-19)16-21(25)20(23-22(26)27)15-18-9-5-3-6-10-18/h3-12,17,20-21,23,25H,13-16H2,1-2H3,(H,26,27)/t20?,21-/m1/s1. The number of sulfonamides is 1. The SMILES string of the molecule is CC(C)CCN(C[C@@H](O)C(Cc1ccccc1)NC(=O)O)S(=O)(=O)c1ccccc1. The second-order valence-corrected chi connectivity index (χ2v) is 9.61. The number of benzene rings is 2. The first-order chi connectivity index (χ1) is 14.2. The summed E-state index contributed by atoms with van der Waals surface area (Å²) in [4.78, 5) is 11.4. The molecule has 0 radical (unpaired) electrons. The molecule has 0 fully saturated rings. The molecule has 1 unspecified atom stereocenters. The van der Waals surface area contributed by atoms with Crippen molar-refractivity contribution in [3.8, 4) is 0 Å². The van der Waals surface area contributed by atoms with Crippen molar-refractivity contribution in [1.29, 1.82) is 0 Å². The Kier molecular flexibility index (Phi) is 8.83. The Morgan fingerprint density at radius 2 is 1.60 bits per heavy atom. The third kappa shape index (κ3) is 7.12. The fraction of sp³-hybridized carbons (Fsp3) is 0.409. The van der Waals surface area contributed by atoms with Crippen molar-refractivity contribution in [2.24, 2.45) is 5.92 Å². The summed E-state index contributed by atoms with van der Waals surface area (Å²) in [7, 11) is -3.83. The van der Waals surface area contributed by atoms with E-state index in [4.69, 9.17) is 0 Å². The van der Waals surface area contributed by atoms with Crippen LogP contribution in [0.15, 0.2) is 65.6 Å². The van der Waals surface area contributed by atoms with Crippen LogP contribution >= 0.6 is 0 Å². The maximum absolute atomic E-state index is 13.2. The van der Waals surface area contributed by atoms with Crippen LogP contribution in [-0.4, -0.2) is 54.3 Å². The highest BCUT2D eigenvalue weighted by Gasteiger charge is 2.30. The van der Waals surface area contributed by atoms with Crippen molar-refractivity contribution < 1.29 is 23.4 Å². The number of nitrogens with zero attached hydrogens (tertiary/aromatic N) is 1. The van der Waals surface area contributed by atoms with Crippen LogP contribution in [0.5, 0.6) is 0 Å². The first-order valence-corrected chi connectivity index (χ1v) is 11.4. The summed E-state index contributed by atoms with van der Waals surface area (Å²) in [5, 5.41) is 22.4. The second kappa shape index (κ2) is 11.1. The van der Waals surface area contributed by atoms with Crippen LogP contribution in [0.3, 0.4) is 0 Å². The smallest absolute Gasteiger partial charge is 0.404 e. The zero-order valence-electron chi connectivity index (χ0n) is 17.3. The van der Waals surface area contributed by atoms with E-state index in [1.807, 2.05) is 44.2 Å². The number of aliphatic hydroxyl groups excluding tert-OH is 1. The summed E-state index contributed by atoms with van der Waals surface area (Å²) < 4.78 is 27.6. The van der Waals surface area contributed by atoms with Gasteiger partial charge in [0.2, 0.25) is 10.0 Å². The van der Waals surface area contributed by atoms with Crippen LogP contribution in [0, 0.1) is 5.92 Å². The van der Waals surface area contributed by atoms with Gasteiger partial charge in [-0.15, -0.1) is 0 Å². The van der Waals surface area contributed by atoms with Gasteiger partial charge in [-0.3, -0.25) is 0 Å². The summed E-state index contributed by atoms with van der Waals surface area (Å²) in [6, 6.07) is 16.4. The van der Waals surface area contributed by atoms with E-state index in [9.17, 15) is 23.4 Å². The minimum absolute atomic E-state index is 0.145. The quantitative estimate of drug-likeness (QED) is 0.504. The van der Waals surface area contributed by atoms with E-state index in [-0.39, 0.29) is 30.3 Å². The van der Waals surface area contributed by atoms with Gasteiger partial charge in [-0.1, -0.05) is 62.4 Å². The monoisotopic (exact) mass is 434 g/mol. The number of aliphatic hydroxyl groups is 1. The summed E-state index contributed by atoms with van der Waals surface area (Å²) in [6.45, 7) is 4.01. The summed E-state index contributed by atoms with van der Waals surface area (Å²) in [6.07, 6.45) is -1.62. The molecule has 0 heterocycles. The maximum Gasteiger partial charge on any atom is 0.404 e. The number of carbonyl (C=O) groups is 1.